The van der Waals surface area contributed by atoms with Crippen molar-refractivity contribution in [3.63, 3.8) is 0 Å². The molecule has 3 aromatic rings. The molecule has 0 spiro atoms. The third kappa shape index (κ3) is 10.7. The average molecular weight is 861 g/mol. The second-order valence-electron chi connectivity index (χ2n) is 20.9. The summed E-state index contributed by atoms with van der Waals surface area (Å²) < 4.78 is 40.2. The van der Waals surface area contributed by atoms with Gasteiger partial charge in [-0.05, 0) is 114 Å². The molecule has 0 bridgehead atoms. The Balaban J connectivity index is 1.01. The first-order valence-corrected chi connectivity index (χ1v) is 24.6. The molecular weight excluding hydrogens is 785 g/mol. The number of esters is 1. The number of hydrogen-bond donors (Lipinski definition) is 0. The summed E-state index contributed by atoms with van der Waals surface area (Å²) in [5, 5.41) is 0. The van der Waals surface area contributed by atoms with Gasteiger partial charge in [0.1, 0.15) is 18.3 Å². The van der Waals surface area contributed by atoms with E-state index in [-0.39, 0.29) is 18.1 Å². The van der Waals surface area contributed by atoms with Crippen LogP contribution in [-0.2, 0) is 53.0 Å². The highest BCUT2D eigenvalue weighted by atomic mass is 16.7. The lowest BCUT2D eigenvalue weighted by molar-refractivity contribution is -0.330. The molecule has 3 aromatic carbocycles. The Labute approximate surface area is 379 Å². The molecule has 0 aromatic heterocycles. The second kappa shape index (κ2) is 20.9. The molecule has 7 nitrogen and oxygen atoms in total. The summed E-state index contributed by atoms with van der Waals surface area (Å²) in [4.78, 5) is 13.0. The minimum Gasteiger partial charge on any atom is -0.454 e. The zero-order valence-corrected chi connectivity index (χ0v) is 39.1. The van der Waals surface area contributed by atoms with Gasteiger partial charge in [-0.15, -0.1) is 0 Å². The van der Waals surface area contributed by atoms with E-state index >= 15 is 0 Å². The lowest BCUT2D eigenvalue weighted by atomic mass is 9.47. The van der Waals surface area contributed by atoms with Gasteiger partial charge in [0.05, 0.1) is 32.5 Å². The van der Waals surface area contributed by atoms with Crippen molar-refractivity contribution >= 4 is 5.97 Å². The van der Waals surface area contributed by atoms with Crippen LogP contribution in [0.4, 0.5) is 0 Å². The minimum absolute atomic E-state index is 0.0808. The molecule has 13 atom stereocenters. The molecule has 5 aliphatic rings. The highest BCUT2D eigenvalue weighted by Crippen LogP contribution is 2.67. The van der Waals surface area contributed by atoms with E-state index in [1.54, 1.807) is 5.57 Å². The summed E-state index contributed by atoms with van der Waals surface area (Å²) in [5.74, 6) is 4.37. The molecule has 0 unspecified atom stereocenters. The molecule has 0 amide bonds. The van der Waals surface area contributed by atoms with Crippen LogP contribution < -0.4 is 0 Å². The largest absolute Gasteiger partial charge is 0.454 e. The Morgan fingerprint density at radius 3 is 2.00 bits per heavy atom. The fourth-order valence-electron chi connectivity index (χ4n) is 13.2. The van der Waals surface area contributed by atoms with E-state index in [2.05, 4.69) is 52.8 Å². The molecule has 342 valence electrons. The number of ether oxygens (including phenoxy) is 6. The zero-order valence-electron chi connectivity index (χ0n) is 39.1. The van der Waals surface area contributed by atoms with E-state index in [9.17, 15) is 4.79 Å². The van der Waals surface area contributed by atoms with Gasteiger partial charge in [0.15, 0.2) is 12.4 Å². The van der Waals surface area contributed by atoms with Crippen LogP contribution in [-0.4, -0.2) is 49.4 Å². The molecule has 63 heavy (non-hydrogen) atoms. The Kier molecular flexibility index (Phi) is 15.3. The monoisotopic (exact) mass is 861 g/mol. The zero-order chi connectivity index (χ0) is 44.0. The molecule has 3 saturated carbocycles. The average Bonchev–Trinajstić information content (AvgIpc) is 3.64. The maximum atomic E-state index is 13.0. The van der Waals surface area contributed by atoms with Crippen LogP contribution in [0.5, 0.6) is 0 Å². The maximum absolute atomic E-state index is 13.0. The predicted octanol–water partition coefficient (Wildman–Crippen LogP) is 12.5. The van der Waals surface area contributed by atoms with Gasteiger partial charge in [-0.25, -0.2) is 0 Å². The molecule has 7 heteroatoms. The normalized spacial score (nSPS) is 34.4. The third-order valence-electron chi connectivity index (χ3n) is 16.4. The maximum Gasteiger partial charge on any atom is 0.303 e. The third-order valence-corrected chi connectivity index (χ3v) is 16.4. The molecule has 1 saturated heterocycles. The van der Waals surface area contributed by atoms with Gasteiger partial charge >= 0.3 is 5.97 Å². The topological polar surface area (TPSA) is 72.5 Å². The standard InChI is InChI=1S/C56H76O7/c1-38(2)17-16-18-39(3)47-27-28-48-46-26-25-44-33-45(29-31-55(44,5)49(46)30-32-56(47,48)6)62-54-53(61-40(4)57)52(60-36-43-23-14-9-15-24-43)51(59-35-42-21-12-8-13-22-42)50(63-54)37-58-34-41-19-10-7-11-20-41/h7-15,19-25,38-39,45-54H,16-18,26-37H2,1-6H3/t39-,45+,46+,47-,48+,49+,50-,51-,52+,53+,54+,55+,56-/m1/s1. The molecule has 1 heterocycles. The number of allylic oxidation sites excluding steroid dienone is 1. The fraction of sp³-hybridized carbons (Fsp3) is 0.625. The van der Waals surface area contributed by atoms with E-state index in [0.29, 0.717) is 25.2 Å². The first-order chi connectivity index (χ1) is 30.5. The van der Waals surface area contributed by atoms with Gasteiger partial charge in [0, 0.05) is 6.92 Å². The SMILES string of the molecule is CC(=O)O[C@@H]1[C@@H](O[C@H]2CC[C@@]3(C)C(=CC[C@H]4[C@@H]5CC[C@H]([C@H](C)CCCC(C)C)[C@@]5(C)CC[C@@H]43)C2)O[C@H](COCc2ccccc2)[C@@H](OCc2ccccc2)[C@@H]1OCc1ccccc1. The summed E-state index contributed by atoms with van der Waals surface area (Å²) in [5.41, 5.74) is 5.33. The van der Waals surface area contributed by atoms with Gasteiger partial charge < -0.3 is 28.4 Å². The fourth-order valence-corrected chi connectivity index (χ4v) is 13.2. The number of carbonyl (C=O) groups is 1. The first-order valence-electron chi connectivity index (χ1n) is 24.6. The Morgan fingerprint density at radius 1 is 0.730 bits per heavy atom. The van der Waals surface area contributed by atoms with Crippen molar-refractivity contribution in [1.82, 2.24) is 0 Å². The molecule has 1 aliphatic heterocycles. The Morgan fingerprint density at radius 2 is 1.37 bits per heavy atom. The lowest BCUT2D eigenvalue weighted by Crippen LogP contribution is -2.62. The van der Waals surface area contributed by atoms with Crippen molar-refractivity contribution < 1.29 is 33.2 Å². The summed E-state index contributed by atoms with van der Waals surface area (Å²) in [7, 11) is 0. The highest BCUT2D eigenvalue weighted by Gasteiger charge is 2.59. The van der Waals surface area contributed by atoms with E-state index in [0.717, 1.165) is 71.5 Å². The number of hydrogen-bond acceptors (Lipinski definition) is 7. The van der Waals surface area contributed by atoms with Crippen LogP contribution in [0.25, 0.3) is 0 Å². The molecule has 4 aliphatic carbocycles. The van der Waals surface area contributed by atoms with E-state index in [1.165, 1.54) is 58.3 Å². The van der Waals surface area contributed by atoms with Gasteiger partial charge in [-0.2, -0.15) is 0 Å². The molecule has 0 radical (unpaired) electrons. The summed E-state index contributed by atoms with van der Waals surface area (Å²) in [6, 6.07) is 30.4. The Hall–Kier alpha value is -3.33. The minimum atomic E-state index is -0.865. The van der Waals surface area contributed by atoms with Crippen molar-refractivity contribution in [2.45, 2.75) is 169 Å². The van der Waals surface area contributed by atoms with Crippen molar-refractivity contribution in [3.05, 3.63) is 119 Å². The van der Waals surface area contributed by atoms with Crippen molar-refractivity contribution in [2.75, 3.05) is 6.61 Å². The van der Waals surface area contributed by atoms with Crippen LogP contribution >= 0.6 is 0 Å². The lowest BCUT2D eigenvalue weighted by Gasteiger charge is -2.58. The number of fused-ring (bicyclic) bond motifs is 5. The van der Waals surface area contributed by atoms with Gasteiger partial charge in [0.2, 0.25) is 0 Å². The molecule has 8 rings (SSSR count). The van der Waals surface area contributed by atoms with Gasteiger partial charge in [-0.1, -0.05) is 157 Å². The van der Waals surface area contributed by atoms with Gasteiger partial charge in [0.25, 0.3) is 0 Å². The van der Waals surface area contributed by atoms with Gasteiger partial charge in [-0.3, -0.25) is 4.79 Å². The number of benzene rings is 3. The second-order valence-corrected chi connectivity index (χ2v) is 20.9. The first kappa shape index (κ1) is 46.2. The predicted molar refractivity (Wildman–Crippen MR) is 248 cm³/mol. The van der Waals surface area contributed by atoms with Crippen LogP contribution in [0.1, 0.15) is 129 Å². The van der Waals surface area contributed by atoms with Crippen molar-refractivity contribution in [1.29, 1.82) is 0 Å². The molecule has 0 N–H and O–H groups in total. The molecule has 4 fully saturated rings. The van der Waals surface area contributed by atoms with Crippen LogP contribution in [0.15, 0.2) is 103 Å². The van der Waals surface area contributed by atoms with Crippen molar-refractivity contribution in [3.8, 4) is 0 Å². The van der Waals surface area contributed by atoms with E-state index < -0.39 is 36.7 Å². The summed E-state index contributed by atoms with van der Waals surface area (Å²) in [6.07, 6.45) is 12.7. The van der Waals surface area contributed by atoms with Crippen molar-refractivity contribution in [2.24, 2.45) is 46.3 Å². The smallest absolute Gasteiger partial charge is 0.303 e. The molecular formula is C56H76O7. The van der Waals surface area contributed by atoms with Crippen LogP contribution in [0.3, 0.4) is 0 Å². The summed E-state index contributed by atoms with van der Waals surface area (Å²) in [6.45, 7) is 15.3. The number of rotatable bonds is 18. The van der Waals surface area contributed by atoms with Crippen LogP contribution in [0.2, 0.25) is 0 Å². The Bertz CT molecular complexity index is 1920. The number of carbonyl (C=O) groups excluding carboxylic acids is 1. The highest BCUT2D eigenvalue weighted by molar-refractivity contribution is 5.66. The quantitative estimate of drug-likeness (QED) is 0.0932. The van der Waals surface area contributed by atoms with E-state index in [4.69, 9.17) is 28.4 Å². The van der Waals surface area contributed by atoms with E-state index in [1.807, 2.05) is 78.9 Å². The van der Waals surface area contributed by atoms with Crippen LogP contribution in [0, 0.1) is 46.3 Å². The summed E-state index contributed by atoms with van der Waals surface area (Å²) >= 11 is 0.